The molecule has 1 aromatic carbocycles. The summed E-state index contributed by atoms with van der Waals surface area (Å²) in [6.45, 7) is 0.998. The van der Waals surface area contributed by atoms with Crippen LogP contribution in [0.15, 0.2) is 42.7 Å². The van der Waals surface area contributed by atoms with E-state index in [1.807, 2.05) is 23.0 Å². The number of nitrogens with two attached hydrogens (primary N) is 1. The highest BCUT2D eigenvalue weighted by atomic mass is 19.4. The monoisotopic (exact) mass is 254 g/mol. The van der Waals surface area contributed by atoms with Gasteiger partial charge in [-0.15, -0.1) is 0 Å². The molecule has 0 fully saturated rings. The molecule has 0 atom stereocenters. The van der Waals surface area contributed by atoms with Crippen LogP contribution in [0.1, 0.15) is 16.7 Å². The number of halogens is 3. The maximum Gasteiger partial charge on any atom is 0.416 e. The lowest BCUT2D eigenvalue weighted by atomic mass is 10.1. The van der Waals surface area contributed by atoms with E-state index in [4.69, 9.17) is 5.73 Å². The summed E-state index contributed by atoms with van der Waals surface area (Å²) in [4.78, 5) is 0. The first kappa shape index (κ1) is 12.7. The van der Waals surface area contributed by atoms with Gasteiger partial charge in [0.15, 0.2) is 0 Å². The smallest absolute Gasteiger partial charge is 0.350 e. The van der Waals surface area contributed by atoms with Gasteiger partial charge in [0.25, 0.3) is 0 Å². The summed E-state index contributed by atoms with van der Waals surface area (Å²) in [5.74, 6) is 0. The standard InChI is InChI=1S/C13H13F3N2/c14-13(15,16)12-3-1-10(2-4-12)8-18-6-5-11(7-17)9-18/h1-6,9H,7-8,17H2. The number of alkyl halides is 3. The third kappa shape index (κ3) is 2.92. The molecule has 0 bridgehead atoms. The van der Waals surface area contributed by atoms with E-state index in [2.05, 4.69) is 0 Å². The van der Waals surface area contributed by atoms with Gasteiger partial charge >= 0.3 is 6.18 Å². The topological polar surface area (TPSA) is 30.9 Å². The molecule has 18 heavy (non-hydrogen) atoms. The van der Waals surface area contributed by atoms with E-state index in [1.165, 1.54) is 12.1 Å². The van der Waals surface area contributed by atoms with Crippen LogP contribution in [0.3, 0.4) is 0 Å². The Kier molecular flexibility index (Phi) is 3.43. The highest BCUT2D eigenvalue weighted by Gasteiger charge is 2.29. The van der Waals surface area contributed by atoms with Crippen LogP contribution >= 0.6 is 0 Å². The molecule has 1 heterocycles. The lowest BCUT2D eigenvalue weighted by Crippen LogP contribution is -2.05. The van der Waals surface area contributed by atoms with Crippen molar-refractivity contribution in [1.82, 2.24) is 4.57 Å². The molecule has 0 unspecified atom stereocenters. The van der Waals surface area contributed by atoms with Gasteiger partial charge in [-0.3, -0.25) is 0 Å². The second-order valence-electron chi connectivity index (χ2n) is 4.09. The Labute approximate surface area is 103 Å². The molecule has 0 spiro atoms. The molecule has 0 amide bonds. The Balaban J connectivity index is 2.11. The van der Waals surface area contributed by atoms with Crippen LogP contribution in [0.25, 0.3) is 0 Å². The van der Waals surface area contributed by atoms with Gasteiger partial charge in [-0.05, 0) is 29.3 Å². The van der Waals surface area contributed by atoms with Crippen LogP contribution in [0.2, 0.25) is 0 Å². The average molecular weight is 254 g/mol. The zero-order valence-corrected chi connectivity index (χ0v) is 9.61. The van der Waals surface area contributed by atoms with Crippen molar-refractivity contribution in [1.29, 1.82) is 0 Å². The average Bonchev–Trinajstić information content (AvgIpc) is 2.76. The highest BCUT2D eigenvalue weighted by molar-refractivity contribution is 5.25. The first-order valence-electron chi connectivity index (χ1n) is 5.50. The first-order valence-corrected chi connectivity index (χ1v) is 5.50. The molecule has 0 saturated heterocycles. The summed E-state index contributed by atoms with van der Waals surface area (Å²) >= 11 is 0. The van der Waals surface area contributed by atoms with Crippen LogP contribution in [-0.2, 0) is 19.3 Å². The van der Waals surface area contributed by atoms with Gasteiger partial charge in [0, 0.05) is 25.5 Å². The fraction of sp³-hybridized carbons (Fsp3) is 0.231. The van der Waals surface area contributed by atoms with Crippen LogP contribution in [0.5, 0.6) is 0 Å². The number of rotatable bonds is 3. The summed E-state index contributed by atoms with van der Waals surface area (Å²) in [6.07, 6.45) is -0.532. The lowest BCUT2D eigenvalue weighted by Gasteiger charge is -2.08. The maximum atomic E-state index is 12.4. The molecule has 2 nitrogen and oxygen atoms in total. The van der Waals surface area contributed by atoms with Crippen LogP contribution < -0.4 is 5.73 Å². The van der Waals surface area contributed by atoms with Crippen molar-refractivity contribution in [3.63, 3.8) is 0 Å². The van der Waals surface area contributed by atoms with Gasteiger partial charge in [-0.2, -0.15) is 13.2 Å². The number of nitrogens with zero attached hydrogens (tertiary/aromatic N) is 1. The molecular weight excluding hydrogens is 241 g/mol. The van der Waals surface area contributed by atoms with Crippen molar-refractivity contribution in [3.8, 4) is 0 Å². The van der Waals surface area contributed by atoms with Crippen molar-refractivity contribution in [2.45, 2.75) is 19.3 Å². The van der Waals surface area contributed by atoms with E-state index in [0.717, 1.165) is 23.3 Å². The summed E-state index contributed by atoms with van der Waals surface area (Å²) < 4.78 is 39.0. The number of aromatic nitrogens is 1. The molecule has 0 aliphatic rings. The van der Waals surface area contributed by atoms with E-state index in [1.54, 1.807) is 0 Å². The molecule has 2 aromatic rings. The quantitative estimate of drug-likeness (QED) is 0.896. The normalized spacial score (nSPS) is 11.8. The minimum atomic E-state index is -4.28. The molecule has 1 aromatic heterocycles. The molecule has 96 valence electrons. The fourth-order valence-corrected chi connectivity index (χ4v) is 1.72. The summed E-state index contributed by atoms with van der Waals surface area (Å²) in [6, 6.07) is 7.07. The summed E-state index contributed by atoms with van der Waals surface area (Å²) in [7, 11) is 0. The maximum absolute atomic E-state index is 12.4. The number of hydrogen-bond donors (Lipinski definition) is 1. The molecule has 0 radical (unpaired) electrons. The second kappa shape index (κ2) is 4.86. The Morgan fingerprint density at radius 3 is 2.17 bits per heavy atom. The number of hydrogen-bond acceptors (Lipinski definition) is 1. The fourth-order valence-electron chi connectivity index (χ4n) is 1.72. The zero-order valence-electron chi connectivity index (χ0n) is 9.61. The van der Waals surface area contributed by atoms with E-state index >= 15 is 0 Å². The van der Waals surface area contributed by atoms with E-state index in [0.29, 0.717) is 13.1 Å². The SMILES string of the molecule is NCc1ccn(Cc2ccc(C(F)(F)F)cc2)c1. The van der Waals surface area contributed by atoms with Crippen molar-refractivity contribution in [2.75, 3.05) is 0 Å². The van der Waals surface area contributed by atoms with Gasteiger partial charge in [-0.25, -0.2) is 0 Å². The van der Waals surface area contributed by atoms with Crippen molar-refractivity contribution < 1.29 is 13.2 Å². The predicted octanol–water partition coefficient (Wildman–Crippen LogP) is 3.01. The van der Waals surface area contributed by atoms with Gasteiger partial charge in [0.2, 0.25) is 0 Å². The van der Waals surface area contributed by atoms with Crippen LogP contribution in [-0.4, -0.2) is 4.57 Å². The minimum absolute atomic E-state index is 0.458. The lowest BCUT2D eigenvalue weighted by molar-refractivity contribution is -0.137. The zero-order chi connectivity index (χ0) is 13.2. The minimum Gasteiger partial charge on any atom is -0.350 e. The van der Waals surface area contributed by atoms with Crippen molar-refractivity contribution >= 4 is 0 Å². The molecule has 2 N–H and O–H groups in total. The summed E-state index contributed by atoms with van der Waals surface area (Å²) in [5.41, 5.74) is 6.69. The van der Waals surface area contributed by atoms with Gasteiger partial charge in [-0.1, -0.05) is 12.1 Å². The molecular formula is C13H13F3N2. The third-order valence-corrected chi connectivity index (χ3v) is 2.69. The van der Waals surface area contributed by atoms with E-state index in [-0.39, 0.29) is 0 Å². The van der Waals surface area contributed by atoms with Crippen LogP contribution in [0.4, 0.5) is 13.2 Å². The van der Waals surface area contributed by atoms with Crippen LogP contribution in [0, 0.1) is 0 Å². The predicted molar refractivity (Wildman–Crippen MR) is 62.9 cm³/mol. The Morgan fingerprint density at radius 1 is 1.00 bits per heavy atom. The van der Waals surface area contributed by atoms with Gasteiger partial charge < -0.3 is 10.3 Å². The van der Waals surface area contributed by atoms with E-state index < -0.39 is 11.7 Å². The molecule has 0 aliphatic heterocycles. The number of benzene rings is 1. The Hall–Kier alpha value is -1.75. The van der Waals surface area contributed by atoms with Gasteiger partial charge in [0.1, 0.15) is 0 Å². The van der Waals surface area contributed by atoms with Crippen molar-refractivity contribution in [3.05, 3.63) is 59.4 Å². The highest BCUT2D eigenvalue weighted by Crippen LogP contribution is 2.29. The molecule has 0 aliphatic carbocycles. The Morgan fingerprint density at radius 2 is 1.67 bits per heavy atom. The molecule has 0 saturated carbocycles. The van der Waals surface area contributed by atoms with Crippen molar-refractivity contribution in [2.24, 2.45) is 5.73 Å². The van der Waals surface area contributed by atoms with E-state index in [9.17, 15) is 13.2 Å². The molecule has 2 rings (SSSR count). The largest absolute Gasteiger partial charge is 0.416 e. The first-order chi connectivity index (χ1) is 8.49. The third-order valence-electron chi connectivity index (χ3n) is 2.69. The Bertz CT molecular complexity index is 512. The van der Waals surface area contributed by atoms with Gasteiger partial charge in [0.05, 0.1) is 5.56 Å². The second-order valence-corrected chi connectivity index (χ2v) is 4.09. The molecule has 5 heteroatoms. The summed E-state index contributed by atoms with van der Waals surface area (Å²) in [5, 5.41) is 0.